The van der Waals surface area contributed by atoms with E-state index in [-0.39, 0.29) is 0 Å². The van der Waals surface area contributed by atoms with E-state index in [0.717, 1.165) is 61.9 Å². The Bertz CT molecular complexity index is 636. The zero-order valence-electron chi connectivity index (χ0n) is 19.9. The van der Waals surface area contributed by atoms with Crippen LogP contribution in [0.3, 0.4) is 0 Å². The third-order valence-electron chi connectivity index (χ3n) is 9.35. The molecule has 4 aliphatic carbocycles. The molecule has 0 spiro atoms. The maximum atomic E-state index is 15.3. The van der Waals surface area contributed by atoms with Gasteiger partial charge in [0.25, 0.3) is 0 Å². The summed E-state index contributed by atoms with van der Waals surface area (Å²) in [5.41, 5.74) is 2.51. The predicted molar refractivity (Wildman–Crippen MR) is 128 cm³/mol. The van der Waals surface area contributed by atoms with Gasteiger partial charge in [-0.2, -0.15) is 0 Å². The summed E-state index contributed by atoms with van der Waals surface area (Å²) in [6.07, 6.45) is 23.9. The van der Waals surface area contributed by atoms with E-state index in [1.165, 1.54) is 69.8 Å². The number of hydrogen-bond donors (Lipinski definition) is 0. The average Bonchev–Trinajstić information content (AvgIpc) is 2.80. The maximum Gasteiger partial charge on any atom is 0.132 e. The first-order valence-corrected chi connectivity index (χ1v) is 13.7. The van der Waals surface area contributed by atoms with Gasteiger partial charge in [0.1, 0.15) is 12.0 Å². The zero-order valence-corrected chi connectivity index (χ0v) is 19.9. The topological polar surface area (TPSA) is 17.1 Å². The Hall–Kier alpha value is -0.920. The van der Waals surface area contributed by atoms with E-state index in [4.69, 9.17) is 0 Å². The highest BCUT2D eigenvalue weighted by Gasteiger charge is 2.35. The van der Waals surface area contributed by atoms with Crippen molar-refractivity contribution in [1.82, 2.24) is 0 Å². The molecule has 0 radical (unpaired) electrons. The van der Waals surface area contributed by atoms with Crippen molar-refractivity contribution in [2.75, 3.05) is 0 Å². The van der Waals surface area contributed by atoms with E-state index in [1.54, 1.807) is 0 Å². The standard InChI is InChI=1S/C29H45FO/c1-2-3-4-5-21-6-8-24(9-7-21)26-16-19-28(29(30)20-26)25-12-10-22(11-13-25)23-14-17-27(31)18-15-23/h16,19,21-25,29H,2-15,17-18,20H2,1H3. The normalized spacial score (nSPS) is 35.5. The van der Waals surface area contributed by atoms with Crippen molar-refractivity contribution in [2.24, 2.45) is 29.6 Å². The van der Waals surface area contributed by atoms with Crippen molar-refractivity contribution < 1.29 is 9.18 Å². The lowest BCUT2D eigenvalue weighted by atomic mass is 9.68. The molecule has 3 fully saturated rings. The first kappa shape index (κ1) is 23.2. The number of unbranched alkanes of at least 4 members (excludes halogenated alkanes) is 2. The van der Waals surface area contributed by atoms with Crippen LogP contribution in [0.1, 0.15) is 116 Å². The van der Waals surface area contributed by atoms with Crippen LogP contribution < -0.4 is 0 Å². The van der Waals surface area contributed by atoms with Crippen molar-refractivity contribution in [3.05, 3.63) is 23.3 Å². The molecule has 4 rings (SSSR count). The van der Waals surface area contributed by atoms with E-state index >= 15 is 4.39 Å². The summed E-state index contributed by atoms with van der Waals surface area (Å²) in [6.45, 7) is 2.28. The molecule has 3 saturated carbocycles. The van der Waals surface area contributed by atoms with Crippen LogP contribution in [0.25, 0.3) is 0 Å². The molecule has 0 aromatic rings. The largest absolute Gasteiger partial charge is 0.300 e. The quantitative estimate of drug-likeness (QED) is 0.371. The molecule has 0 aromatic carbocycles. The highest BCUT2D eigenvalue weighted by atomic mass is 19.1. The van der Waals surface area contributed by atoms with Gasteiger partial charge in [0.05, 0.1) is 0 Å². The summed E-state index contributed by atoms with van der Waals surface area (Å²) in [4.78, 5) is 11.5. The van der Waals surface area contributed by atoms with Crippen LogP contribution in [0.2, 0.25) is 0 Å². The monoisotopic (exact) mass is 428 g/mol. The van der Waals surface area contributed by atoms with Crippen LogP contribution in [0.15, 0.2) is 23.3 Å². The Kier molecular flexibility index (Phi) is 8.46. The lowest BCUT2D eigenvalue weighted by Crippen LogP contribution is -2.28. The molecular weight excluding hydrogens is 383 g/mol. The van der Waals surface area contributed by atoms with E-state index in [1.807, 2.05) is 0 Å². The number of hydrogen-bond acceptors (Lipinski definition) is 1. The van der Waals surface area contributed by atoms with Crippen LogP contribution >= 0.6 is 0 Å². The summed E-state index contributed by atoms with van der Waals surface area (Å²) in [6, 6.07) is 0. The Morgan fingerprint density at radius 2 is 1.45 bits per heavy atom. The van der Waals surface area contributed by atoms with Crippen LogP contribution in [0.4, 0.5) is 4.39 Å². The Morgan fingerprint density at radius 1 is 0.806 bits per heavy atom. The van der Waals surface area contributed by atoms with Crippen LogP contribution in [-0.2, 0) is 4.79 Å². The molecule has 31 heavy (non-hydrogen) atoms. The first-order valence-electron chi connectivity index (χ1n) is 13.7. The molecule has 1 nitrogen and oxygen atoms in total. The maximum absolute atomic E-state index is 15.3. The highest BCUT2D eigenvalue weighted by molar-refractivity contribution is 5.79. The van der Waals surface area contributed by atoms with Crippen LogP contribution in [0.5, 0.6) is 0 Å². The van der Waals surface area contributed by atoms with Gasteiger partial charge in [-0.3, -0.25) is 4.79 Å². The van der Waals surface area contributed by atoms with Gasteiger partial charge in [0, 0.05) is 19.3 Å². The van der Waals surface area contributed by atoms with Gasteiger partial charge in [0.2, 0.25) is 0 Å². The molecule has 2 heteroatoms. The molecule has 0 amide bonds. The van der Waals surface area contributed by atoms with E-state index in [0.29, 0.717) is 24.0 Å². The smallest absolute Gasteiger partial charge is 0.132 e. The fourth-order valence-corrected chi connectivity index (χ4v) is 7.26. The van der Waals surface area contributed by atoms with Crippen molar-refractivity contribution in [2.45, 2.75) is 122 Å². The molecule has 1 atom stereocenters. The van der Waals surface area contributed by atoms with Crippen molar-refractivity contribution in [3.8, 4) is 0 Å². The van der Waals surface area contributed by atoms with E-state index in [2.05, 4.69) is 19.1 Å². The molecule has 0 saturated heterocycles. The molecule has 4 aliphatic rings. The average molecular weight is 429 g/mol. The lowest BCUT2D eigenvalue weighted by Gasteiger charge is -2.38. The number of carbonyl (C=O) groups excluding carboxylic acids is 1. The number of ketones is 1. The minimum Gasteiger partial charge on any atom is -0.300 e. The number of alkyl halides is 1. The molecule has 174 valence electrons. The minimum absolute atomic E-state index is 0.462. The number of halogens is 1. The molecule has 0 N–H and O–H groups in total. The minimum atomic E-state index is -0.740. The third-order valence-corrected chi connectivity index (χ3v) is 9.35. The van der Waals surface area contributed by atoms with Crippen molar-refractivity contribution in [1.29, 1.82) is 0 Å². The fraction of sp³-hybridized carbons (Fsp3) is 0.828. The molecule has 0 aliphatic heterocycles. The summed E-state index contributed by atoms with van der Waals surface area (Å²) < 4.78 is 15.3. The van der Waals surface area contributed by atoms with Crippen molar-refractivity contribution in [3.63, 3.8) is 0 Å². The second-order valence-corrected chi connectivity index (χ2v) is 11.3. The first-order chi connectivity index (χ1) is 15.1. The van der Waals surface area contributed by atoms with Gasteiger partial charge < -0.3 is 0 Å². The predicted octanol–water partition coefficient (Wildman–Crippen LogP) is 8.53. The molecule has 0 aromatic heterocycles. The van der Waals surface area contributed by atoms with Crippen molar-refractivity contribution >= 4 is 5.78 Å². The summed E-state index contributed by atoms with van der Waals surface area (Å²) in [5, 5.41) is 0. The number of Topliss-reactive ketones (excluding diaryl/α,β-unsaturated/α-hetero) is 1. The lowest BCUT2D eigenvalue weighted by molar-refractivity contribution is -0.121. The van der Waals surface area contributed by atoms with Gasteiger partial charge in [-0.15, -0.1) is 0 Å². The van der Waals surface area contributed by atoms with Crippen LogP contribution in [0, 0.1) is 29.6 Å². The number of allylic oxidation sites excluding steroid dienone is 4. The molecule has 1 unspecified atom stereocenters. The van der Waals surface area contributed by atoms with Crippen LogP contribution in [-0.4, -0.2) is 12.0 Å². The molecule has 0 bridgehead atoms. The van der Waals surface area contributed by atoms with Gasteiger partial charge in [-0.05, 0) is 99.4 Å². The van der Waals surface area contributed by atoms with E-state index < -0.39 is 6.17 Å². The third kappa shape index (κ3) is 6.11. The second-order valence-electron chi connectivity index (χ2n) is 11.3. The Morgan fingerprint density at radius 3 is 2.10 bits per heavy atom. The zero-order chi connectivity index (χ0) is 21.6. The fourth-order valence-electron chi connectivity index (χ4n) is 7.26. The second kappa shape index (κ2) is 11.3. The van der Waals surface area contributed by atoms with E-state index in [9.17, 15) is 4.79 Å². The Labute approximate surface area is 190 Å². The molecule has 0 heterocycles. The number of rotatable bonds is 7. The Balaban J connectivity index is 1.25. The summed E-state index contributed by atoms with van der Waals surface area (Å²) >= 11 is 0. The summed E-state index contributed by atoms with van der Waals surface area (Å²) in [5.74, 6) is 4.03. The van der Waals surface area contributed by atoms with Gasteiger partial charge >= 0.3 is 0 Å². The highest BCUT2D eigenvalue weighted by Crippen LogP contribution is 2.45. The number of carbonyl (C=O) groups is 1. The molecular formula is C29H45FO. The van der Waals surface area contributed by atoms with Gasteiger partial charge in [0.15, 0.2) is 0 Å². The van der Waals surface area contributed by atoms with Gasteiger partial charge in [-0.25, -0.2) is 4.39 Å². The summed E-state index contributed by atoms with van der Waals surface area (Å²) in [7, 11) is 0. The van der Waals surface area contributed by atoms with Gasteiger partial charge in [-0.1, -0.05) is 50.3 Å². The SMILES string of the molecule is CCCCCC1CCC(C2=CC=C(C3CCC(C4CCC(=O)CC4)CC3)C(F)C2)CC1.